The van der Waals surface area contributed by atoms with Crippen LogP contribution in [0, 0.1) is 11.3 Å². The van der Waals surface area contributed by atoms with Crippen LogP contribution in [0.1, 0.15) is 39.5 Å². The zero-order valence-corrected chi connectivity index (χ0v) is 8.88. The largest absolute Gasteiger partial charge is 0.381 e. The maximum atomic E-state index is 11.1. The van der Waals surface area contributed by atoms with Crippen LogP contribution in [-0.4, -0.2) is 19.5 Å². The van der Waals surface area contributed by atoms with Gasteiger partial charge in [0.15, 0.2) is 0 Å². The Morgan fingerprint density at radius 2 is 2.23 bits per heavy atom. The Hall–Kier alpha value is -0.370. The summed E-state index contributed by atoms with van der Waals surface area (Å²) < 4.78 is 5.41. The highest BCUT2D eigenvalue weighted by molar-refractivity contribution is 5.59. The quantitative estimate of drug-likeness (QED) is 0.627. The summed E-state index contributed by atoms with van der Waals surface area (Å²) in [5.74, 6) is 0.431. The Labute approximate surface area is 80.7 Å². The van der Waals surface area contributed by atoms with Crippen LogP contribution in [0.15, 0.2) is 0 Å². The van der Waals surface area contributed by atoms with Crippen LogP contribution in [0.3, 0.4) is 0 Å². The molecule has 0 N–H and O–H groups in total. The molecule has 0 aromatic heterocycles. The molecule has 0 bridgehead atoms. The summed E-state index contributed by atoms with van der Waals surface area (Å²) in [6.45, 7) is 4.14. The monoisotopic (exact) mass is 184 g/mol. The topological polar surface area (TPSA) is 26.3 Å². The minimum Gasteiger partial charge on any atom is -0.381 e. The molecule has 1 aliphatic carbocycles. The van der Waals surface area contributed by atoms with Gasteiger partial charge in [-0.3, -0.25) is 0 Å². The summed E-state index contributed by atoms with van der Waals surface area (Å²) in [6.07, 6.45) is 5.80. The zero-order chi connectivity index (χ0) is 9.90. The van der Waals surface area contributed by atoms with Gasteiger partial charge in [0.1, 0.15) is 6.29 Å². The highest BCUT2D eigenvalue weighted by Crippen LogP contribution is 2.41. The highest BCUT2D eigenvalue weighted by Gasteiger charge is 2.40. The van der Waals surface area contributed by atoms with E-state index in [2.05, 4.69) is 13.8 Å². The Bertz CT molecular complexity index is 179. The molecule has 2 nitrogen and oxygen atoms in total. The molecule has 1 fully saturated rings. The van der Waals surface area contributed by atoms with Gasteiger partial charge < -0.3 is 9.53 Å². The lowest BCUT2D eigenvalue weighted by atomic mass is 9.74. The van der Waals surface area contributed by atoms with Gasteiger partial charge in [-0.25, -0.2) is 0 Å². The van der Waals surface area contributed by atoms with E-state index in [-0.39, 0.29) is 5.41 Å². The molecule has 1 saturated carbocycles. The fraction of sp³-hybridized carbons (Fsp3) is 0.909. The normalized spacial score (nSPS) is 32.8. The second-order valence-corrected chi connectivity index (χ2v) is 4.29. The summed E-state index contributed by atoms with van der Waals surface area (Å²) >= 11 is 0. The molecule has 3 atom stereocenters. The SMILES string of the molecule is CCC(C)(C=O)C1CCCC1OC. The number of aldehydes is 1. The predicted octanol–water partition coefficient (Wildman–Crippen LogP) is 2.42. The Morgan fingerprint density at radius 3 is 2.69 bits per heavy atom. The van der Waals surface area contributed by atoms with Crippen molar-refractivity contribution < 1.29 is 9.53 Å². The molecule has 2 heteroatoms. The van der Waals surface area contributed by atoms with Crippen LogP contribution < -0.4 is 0 Å². The van der Waals surface area contributed by atoms with Crippen molar-refractivity contribution in [3.8, 4) is 0 Å². The molecule has 76 valence electrons. The number of carbonyl (C=O) groups excluding carboxylic acids is 1. The van der Waals surface area contributed by atoms with Gasteiger partial charge in [-0.15, -0.1) is 0 Å². The molecular weight excluding hydrogens is 164 g/mol. The fourth-order valence-electron chi connectivity index (χ4n) is 2.40. The third-order valence-corrected chi connectivity index (χ3v) is 3.63. The van der Waals surface area contributed by atoms with Crippen molar-refractivity contribution in [3.05, 3.63) is 0 Å². The number of rotatable bonds is 4. The van der Waals surface area contributed by atoms with E-state index in [4.69, 9.17) is 4.74 Å². The van der Waals surface area contributed by atoms with Crippen LogP contribution in [0.4, 0.5) is 0 Å². The van der Waals surface area contributed by atoms with Crippen molar-refractivity contribution in [2.45, 2.75) is 45.6 Å². The first-order valence-electron chi connectivity index (χ1n) is 5.17. The van der Waals surface area contributed by atoms with Crippen LogP contribution in [0.5, 0.6) is 0 Å². The number of ether oxygens (including phenoxy) is 1. The van der Waals surface area contributed by atoms with Crippen LogP contribution in [-0.2, 0) is 9.53 Å². The summed E-state index contributed by atoms with van der Waals surface area (Å²) in [7, 11) is 1.75. The van der Waals surface area contributed by atoms with E-state index in [1.54, 1.807) is 7.11 Å². The summed E-state index contributed by atoms with van der Waals surface area (Å²) in [5, 5.41) is 0. The maximum Gasteiger partial charge on any atom is 0.126 e. The standard InChI is InChI=1S/C11H20O2/c1-4-11(2,8-12)9-6-5-7-10(9)13-3/h8-10H,4-7H2,1-3H3. The van der Waals surface area contributed by atoms with Gasteiger partial charge in [0, 0.05) is 12.5 Å². The summed E-state index contributed by atoms with van der Waals surface area (Å²) in [5.41, 5.74) is -0.169. The third kappa shape index (κ3) is 1.93. The predicted molar refractivity (Wildman–Crippen MR) is 52.6 cm³/mol. The van der Waals surface area contributed by atoms with Crippen molar-refractivity contribution >= 4 is 6.29 Å². The molecule has 3 unspecified atom stereocenters. The number of methoxy groups -OCH3 is 1. The smallest absolute Gasteiger partial charge is 0.126 e. The van der Waals surface area contributed by atoms with E-state index < -0.39 is 0 Å². The molecule has 0 aliphatic heterocycles. The van der Waals surface area contributed by atoms with Crippen LogP contribution in [0.25, 0.3) is 0 Å². The van der Waals surface area contributed by atoms with Crippen LogP contribution >= 0.6 is 0 Å². The second kappa shape index (κ2) is 4.23. The number of hydrogen-bond acceptors (Lipinski definition) is 2. The first-order valence-corrected chi connectivity index (χ1v) is 5.17. The van der Waals surface area contributed by atoms with Gasteiger partial charge in [-0.1, -0.05) is 20.3 Å². The lowest BCUT2D eigenvalue weighted by molar-refractivity contribution is -0.121. The van der Waals surface area contributed by atoms with Crippen molar-refractivity contribution in [1.82, 2.24) is 0 Å². The molecule has 1 rings (SSSR count). The van der Waals surface area contributed by atoms with E-state index in [9.17, 15) is 4.79 Å². The van der Waals surface area contributed by atoms with Gasteiger partial charge in [-0.2, -0.15) is 0 Å². The van der Waals surface area contributed by atoms with E-state index >= 15 is 0 Å². The molecule has 0 amide bonds. The zero-order valence-electron chi connectivity index (χ0n) is 8.88. The molecule has 0 spiro atoms. The first kappa shape index (κ1) is 10.7. The maximum absolute atomic E-state index is 11.1. The lowest BCUT2D eigenvalue weighted by Gasteiger charge is -2.32. The molecule has 0 heterocycles. The van der Waals surface area contributed by atoms with E-state index in [1.807, 2.05) is 0 Å². The molecule has 13 heavy (non-hydrogen) atoms. The molecular formula is C11H20O2. The van der Waals surface area contributed by atoms with E-state index in [1.165, 1.54) is 6.42 Å². The van der Waals surface area contributed by atoms with E-state index in [0.717, 1.165) is 25.5 Å². The van der Waals surface area contributed by atoms with Crippen molar-refractivity contribution in [1.29, 1.82) is 0 Å². The van der Waals surface area contributed by atoms with Crippen molar-refractivity contribution in [3.63, 3.8) is 0 Å². The minimum absolute atomic E-state index is 0.169. The Kier molecular flexibility index (Phi) is 3.48. The average Bonchev–Trinajstić information content (AvgIpc) is 2.65. The summed E-state index contributed by atoms with van der Waals surface area (Å²) in [6, 6.07) is 0. The number of carbonyl (C=O) groups is 1. The third-order valence-electron chi connectivity index (χ3n) is 3.63. The molecule has 0 saturated heterocycles. The minimum atomic E-state index is -0.169. The van der Waals surface area contributed by atoms with Gasteiger partial charge in [0.05, 0.1) is 6.10 Å². The van der Waals surface area contributed by atoms with E-state index in [0.29, 0.717) is 12.0 Å². The molecule has 0 aromatic rings. The Morgan fingerprint density at radius 1 is 1.54 bits per heavy atom. The van der Waals surface area contributed by atoms with Crippen molar-refractivity contribution in [2.75, 3.05) is 7.11 Å². The van der Waals surface area contributed by atoms with Crippen molar-refractivity contribution in [2.24, 2.45) is 11.3 Å². The fourth-order valence-corrected chi connectivity index (χ4v) is 2.40. The van der Waals surface area contributed by atoms with Gasteiger partial charge >= 0.3 is 0 Å². The second-order valence-electron chi connectivity index (χ2n) is 4.29. The van der Waals surface area contributed by atoms with Gasteiger partial charge in [0.2, 0.25) is 0 Å². The lowest BCUT2D eigenvalue weighted by Crippen LogP contribution is -2.34. The average molecular weight is 184 g/mol. The molecule has 1 aliphatic rings. The highest BCUT2D eigenvalue weighted by atomic mass is 16.5. The summed E-state index contributed by atoms with van der Waals surface area (Å²) in [4.78, 5) is 11.1. The first-order chi connectivity index (χ1) is 6.18. The van der Waals surface area contributed by atoms with Gasteiger partial charge in [0.25, 0.3) is 0 Å². The number of hydrogen-bond donors (Lipinski definition) is 0. The Balaban J connectivity index is 2.72. The van der Waals surface area contributed by atoms with Gasteiger partial charge in [-0.05, 0) is 25.2 Å². The molecule has 0 aromatic carbocycles. The van der Waals surface area contributed by atoms with Crippen LogP contribution in [0.2, 0.25) is 0 Å². The molecule has 0 radical (unpaired) electrons.